The highest BCUT2D eigenvalue weighted by Crippen LogP contribution is 2.31. The van der Waals surface area contributed by atoms with Gasteiger partial charge in [-0.2, -0.15) is 0 Å². The van der Waals surface area contributed by atoms with E-state index in [1.807, 2.05) is 18.2 Å². The van der Waals surface area contributed by atoms with E-state index in [0.717, 1.165) is 11.1 Å². The van der Waals surface area contributed by atoms with Crippen LogP contribution in [0.5, 0.6) is 0 Å². The van der Waals surface area contributed by atoms with E-state index in [9.17, 15) is 4.79 Å². The lowest BCUT2D eigenvalue weighted by Gasteiger charge is -2.27. The Balaban J connectivity index is 3.31. The molecule has 0 aliphatic carbocycles. The van der Waals surface area contributed by atoms with E-state index in [-0.39, 0.29) is 11.3 Å². The lowest BCUT2D eigenvalue weighted by molar-refractivity contribution is -0.0758. The molecule has 0 spiro atoms. The zero-order valence-electron chi connectivity index (χ0n) is 14.2. The number of carbonyl (C=O) groups is 1. The van der Waals surface area contributed by atoms with E-state index in [1.54, 1.807) is 7.05 Å². The summed E-state index contributed by atoms with van der Waals surface area (Å²) in [6.07, 6.45) is 0. The highest BCUT2D eigenvalue weighted by atomic mass is 28.3. The molecule has 0 N–H and O–H groups in total. The highest BCUT2D eigenvalue weighted by molar-refractivity contribution is 6.48. The molecule has 0 radical (unpaired) electrons. The number of rotatable bonds is 5. The first-order chi connectivity index (χ1) is 9.68. The predicted molar refractivity (Wildman–Crippen MR) is 87.9 cm³/mol. The van der Waals surface area contributed by atoms with Gasteiger partial charge in [0.1, 0.15) is 0 Å². The molecule has 1 amide bonds. The summed E-state index contributed by atoms with van der Waals surface area (Å²) in [5.41, 5.74) is 2.66. The van der Waals surface area contributed by atoms with Gasteiger partial charge < -0.3 is 4.43 Å². The minimum Gasteiger partial charge on any atom is -0.416 e. The summed E-state index contributed by atoms with van der Waals surface area (Å²) >= 11 is 0. The van der Waals surface area contributed by atoms with Crippen LogP contribution in [0.2, 0.25) is 13.1 Å². The van der Waals surface area contributed by atoms with Gasteiger partial charge in [-0.15, -0.1) is 0 Å². The second kappa shape index (κ2) is 7.20. The van der Waals surface area contributed by atoms with Crippen molar-refractivity contribution >= 4 is 14.9 Å². The Morgan fingerprint density at radius 3 is 2.38 bits per heavy atom. The van der Waals surface area contributed by atoms with E-state index >= 15 is 0 Å². The summed E-state index contributed by atoms with van der Waals surface area (Å²) in [6, 6.07) is 5.81. The van der Waals surface area contributed by atoms with Crippen molar-refractivity contribution in [3.05, 3.63) is 34.9 Å². The van der Waals surface area contributed by atoms with E-state index in [1.165, 1.54) is 12.2 Å². The van der Waals surface area contributed by atoms with Gasteiger partial charge in [-0.1, -0.05) is 32.9 Å². The van der Waals surface area contributed by atoms with Crippen LogP contribution in [0.15, 0.2) is 18.2 Å². The molecule has 0 bridgehead atoms. The second-order valence-corrected chi connectivity index (χ2v) is 8.87. The molecule has 5 heteroatoms. The van der Waals surface area contributed by atoms with Crippen LogP contribution in [0.25, 0.3) is 0 Å². The minimum atomic E-state index is -1.10. The van der Waals surface area contributed by atoms with Crippen molar-refractivity contribution in [3.8, 4) is 0 Å². The second-order valence-electron chi connectivity index (χ2n) is 6.43. The van der Waals surface area contributed by atoms with Gasteiger partial charge in [-0.05, 0) is 35.7 Å². The largest absolute Gasteiger partial charge is 0.416 e. The highest BCUT2D eigenvalue weighted by Gasteiger charge is 2.26. The van der Waals surface area contributed by atoms with Crippen molar-refractivity contribution < 1.29 is 14.1 Å². The summed E-state index contributed by atoms with van der Waals surface area (Å²) in [7, 11) is 2.01. The Kier molecular flexibility index (Phi) is 6.13. The van der Waals surface area contributed by atoms with Gasteiger partial charge >= 0.3 is 0 Å². The molecule has 0 aliphatic rings. The quantitative estimate of drug-likeness (QED) is 0.619. The van der Waals surface area contributed by atoms with Crippen LogP contribution in [0.1, 0.15) is 42.3 Å². The van der Waals surface area contributed by atoms with E-state index in [0.29, 0.717) is 12.2 Å². The summed E-state index contributed by atoms with van der Waals surface area (Å²) < 4.78 is 5.87. The molecule has 0 fully saturated rings. The van der Waals surface area contributed by atoms with Crippen molar-refractivity contribution in [2.45, 2.75) is 45.9 Å². The number of benzene rings is 1. The molecule has 0 aromatic heterocycles. The van der Waals surface area contributed by atoms with Gasteiger partial charge in [0, 0.05) is 12.6 Å². The normalized spacial score (nSPS) is 11.8. The molecule has 0 atom stereocenters. The maximum atomic E-state index is 12.5. The molecule has 1 aromatic carbocycles. The zero-order chi connectivity index (χ0) is 16.2. The Hall–Kier alpha value is -1.17. The molecule has 21 heavy (non-hydrogen) atoms. The fourth-order valence-electron chi connectivity index (χ4n) is 2.29. The standard InChI is InChI=1S/C16H27NO3Si/c1-16(2,3)14-12(11-20-21(6)7)9-8-10-13(14)15(18)17(4)19-5/h8-10,21H,11H2,1-7H3. The average Bonchev–Trinajstić information content (AvgIpc) is 2.41. The third kappa shape index (κ3) is 4.66. The SMILES string of the molecule is CON(C)C(=O)c1cccc(CO[SiH](C)C)c1C(C)(C)C. The number of nitrogens with zero attached hydrogens (tertiary/aromatic N) is 1. The molecule has 4 nitrogen and oxygen atoms in total. The molecule has 0 unspecified atom stereocenters. The molecule has 1 aromatic rings. The monoisotopic (exact) mass is 309 g/mol. The van der Waals surface area contributed by atoms with Crippen molar-refractivity contribution in [1.82, 2.24) is 5.06 Å². The fourth-order valence-corrected chi connectivity index (χ4v) is 2.81. The molecule has 0 saturated heterocycles. The van der Waals surface area contributed by atoms with Crippen LogP contribution in [0, 0.1) is 0 Å². The van der Waals surface area contributed by atoms with Gasteiger partial charge in [-0.25, -0.2) is 5.06 Å². The van der Waals surface area contributed by atoms with Crippen molar-refractivity contribution in [2.75, 3.05) is 14.2 Å². The van der Waals surface area contributed by atoms with Crippen molar-refractivity contribution in [3.63, 3.8) is 0 Å². The van der Waals surface area contributed by atoms with Crippen LogP contribution >= 0.6 is 0 Å². The topological polar surface area (TPSA) is 38.8 Å². The van der Waals surface area contributed by atoms with Crippen molar-refractivity contribution in [2.24, 2.45) is 0 Å². The first-order valence-electron chi connectivity index (χ1n) is 7.24. The number of hydrogen-bond donors (Lipinski definition) is 0. The molecule has 0 saturated carbocycles. The van der Waals surface area contributed by atoms with Crippen LogP contribution in [-0.2, 0) is 21.3 Å². The van der Waals surface area contributed by atoms with E-state index in [4.69, 9.17) is 9.26 Å². The van der Waals surface area contributed by atoms with Gasteiger partial charge in [0.2, 0.25) is 0 Å². The molecule has 0 aliphatic heterocycles. The summed E-state index contributed by atoms with van der Waals surface area (Å²) in [6.45, 7) is 11.2. The van der Waals surface area contributed by atoms with Gasteiger partial charge in [-0.3, -0.25) is 9.63 Å². The van der Waals surface area contributed by atoms with Crippen LogP contribution in [0.3, 0.4) is 0 Å². The Bertz CT molecular complexity index is 495. The molecule has 0 heterocycles. The Morgan fingerprint density at radius 1 is 1.29 bits per heavy atom. The average molecular weight is 309 g/mol. The fraction of sp³-hybridized carbons (Fsp3) is 0.562. The van der Waals surface area contributed by atoms with Crippen LogP contribution in [-0.4, -0.2) is 34.2 Å². The number of hydrogen-bond acceptors (Lipinski definition) is 3. The first-order valence-corrected chi connectivity index (χ1v) is 10.0. The number of amides is 1. The smallest absolute Gasteiger partial charge is 0.277 e. The van der Waals surface area contributed by atoms with E-state index < -0.39 is 9.04 Å². The minimum absolute atomic E-state index is 0.133. The summed E-state index contributed by atoms with van der Waals surface area (Å²) in [5.74, 6) is -0.133. The summed E-state index contributed by atoms with van der Waals surface area (Å²) in [5, 5.41) is 1.26. The van der Waals surface area contributed by atoms with Crippen molar-refractivity contribution in [1.29, 1.82) is 0 Å². The first kappa shape index (κ1) is 17.9. The zero-order valence-corrected chi connectivity index (χ0v) is 15.3. The van der Waals surface area contributed by atoms with Gasteiger partial charge in [0.15, 0.2) is 9.04 Å². The number of hydroxylamine groups is 2. The summed E-state index contributed by atoms with van der Waals surface area (Å²) in [4.78, 5) is 17.5. The lowest BCUT2D eigenvalue weighted by Crippen LogP contribution is -2.29. The Labute approximate surface area is 129 Å². The molecular weight excluding hydrogens is 282 g/mol. The van der Waals surface area contributed by atoms with E-state index in [2.05, 4.69) is 33.9 Å². The van der Waals surface area contributed by atoms with Crippen LogP contribution < -0.4 is 0 Å². The third-order valence-electron chi connectivity index (χ3n) is 3.26. The molecule has 1 rings (SSSR count). The third-order valence-corrected chi connectivity index (χ3v) is 4.10. The maximum absolute atomic E-state index is 12.5. The maximum Gasteiger partial charge on any atom is 0.277 e. The Morgan fingerprint density at radius 2 is 1.90 bits per heavy atom. The lowest BCUT2D eigenvalue weighted by atomic mass is 9.80. The molecule has 118 valence electrons. The number of carbonyl (C=O) groups excluding carboxylic acids is 1. The van der Waals surface area contributed by atoms with Crippen LogP contribution in [0.4, 0.5) is 0 Å². The predicted octanol–water partition coefficient (Wildman–Crippen LogP) is 3.12. The van der Waals surface area contributed by atoms with Gasteiger partial charge in [0.25, 0.3) is 5.91 Å². The van der Waals surface area contributed by atoms with Gasteiger partial charge in [0.05, 0.1) is 13.7 Å². The molecular formula is C16H27NO3Si.